The number of hydrogen-bond donors (Lipinski definition) is 1. The van der Waals surface area contributed by atoms with Gasteiger partial charge in [-0.15, -0.1) is 0 Å². The first-order valence-corrected chi connectivity index (χ1v) is 9.90. The third-order valence-corrected chi connectivity index (χ3v) is 5.17. The van der Waals surface area contributed by atoms with Crippen LogP contribution in [0.4, 0.5) is 0 Å². The molecule has 2 aromatic carbocycles. The van der Waals surface area contributed by atoms with E-state index in [2.05, 4.69) is 36.0 Å². The molecular formula is C16H9Br2O7S-. The summed E-state index contributed by atoms with van der Waals surface area (Å²) in [5, 5.41) is 9.68. The van der Waals surface area contributed by atoms with E-state index in [0.29, 0.717) is 14.5 Å². The molecule has 0 aliphatic heterocycles. The Bertz CT molecular complexity index is 1180. The average molecular weight is 505 g/mol. The van der Waals surface area contributed by atoms with Gasteiger partial charge < -0.3 is 18.3 Å². The Labute approximate surface area is 164 Å². The van der Waals surface area contributed by atoms with Gasteiger partial charge in [0.15, 0.2) is 11.2 Å². The zero-order valence-electron chi connectivity index (χ0n) is 12.9. The van der Waals surface area contributed by atoms with Crippen molar-refractivity contribution in [1.82, 2.24) is 0 Å². The van der Waals surface area contributed by atoms with E-state index in [1.165, 1.54) is 25.1 Å². The van der Waals surface area contributed by atoms with E-state index >= 15 is 0 Å². The predicted octanol–water partition coefficient (Wildman–Crippen LogP) is 3.84. The second-order valence-corrected chi connectivity index (χ2v) is 7.99. The Balaban J connectivity index is 2.32. The van der Waals surface area contributed by atoms with Gasteiger partial charge in [-0.25, -0.2) is 8.42 Å². The van der Waals surface area contributed by atoms with E-state index in [9.17, 15) is 22.9 Å². The summed E-state index contributed by atoms with van der Waals surface area (Å²) in [5.41, 5.74) is 0.194. The number of aromatic hydroxyl groups is 1. The van der Waals surface area contributed by atoms with E-state index in [4.69, 9.17) is 4.42 Å². The van der Waals surface area contributed by atoms with E-state index in [-0.39, 0.29) is 28.0 Å². The number of hydrogen-bond acceptors (Lipinski definition) is 7. The summed E-state index contributed by atoms with van der Waals surface area (Å²) in [5.74, 6) is -0.175. The molecule has 3 aromatic rings. The molecule has 0 atom stereocenters. The van der Waals surface area contributed by atoms with Gasteiger partial charge in [-0.3, -0.25) is 4.79 Å². The first-order valence-electron chi connectivity index (χ1n) is 6.98. The first kappa shape index (κ1) is 18.9. The highest BCUT2D eigenvalue weighted by Gasteiger charge is 2.18. The Hall–Kier alpha value is -1.88. The van der Waals surface area contributed by atoms with Crippen LogP contribution in [0.3, 0.4) is 0 Å². The minimum absolute atomic E-state index is 0.00845. The van der Waals surface area contributed by atoms with Gasteiger partial charge in [-0.05, 0) is 63.0 Å². The Morgan fingerprint density at radius 2 is 1.81 bits per heavy atom. The highest BCUT2D eigenvalue weighted by Crippen LogP contribution is 2.38. The maximum absolute atomic E-state index is 12.8. The summed E-state index contributed by atoms with van der Waals surface area (Å²) in [7, 11) is -5.05. The summed E-state index contributed by atoms with van der Waals surface area (Å²) in [4.78, 5) is 12.8. The number of benzene rings is 2. The third-order valence-electron chi connectivity index (χ3n) is 3.58. The Kier molecular flexibility index (Phi) is 4.86. The van der Waals surface area contributed by atoms with E-state index in [1.54, 1.807) is 12.1 Å². The largest absolute Gasteiger partial charge is 0.716 e. The summed E-state index contributed by atoms with van der Waals surface area (Å²) in [6, 6.07) is 7.18. The van der Waals surface area contributed by atoms with Crippen LogP contribution in [-0.4, -0.2) is 18.1 Å². The number of rotatable bonds is 3. The lowest BCUT2D eigenvalue weighted by molar-refractivity contribution is 0.373. The predicted molar refractivity (Wildman–Crippen MR) is 100 cm³/mol. The molecule has 0 aliphatic rings. The Morgan fingerprint density at radius 1 is 1.19 bits per heavy atom. The van der Waals surface area contributed by atoms with Crippen molar-refractivity contribution >= 4 is 53.2 Å². The van der Waals surface area contributed by atoms with Crippen molar-refractivity contribution in [1.29, 1.82) is 0 Å². The molecule has 26 heavy (non-hydrogen) atoms. The lowest BCUT2D eigenvalue weighted by Gasteiger charge is -2.13. The van der Waals surface area contributed by atoms with Crippen LogP contribution in [0.15, 0.2) is 48.5 Å². The fourth-order valence-corrected chi connectivity index (χ4v) is 3.99. The maximum Gasteiger partial charge on any atom is 0.262 e. The van der Waals surface area contributed by atoms with Crippen molar-refractivity contribution in [3.63, 3.8) is 0 Å². The smallest absolute Gasteiger partial charge is 0.262 e. The monoisotopic (exact) mass is 503 g/mol. The molecule has 1 heterocycles. The zero-order chi connectivity index (χ0) is 19.2. The molecule has 0 spiro atoms. The van der Waals surface area contributed by atoms with Crippen LogP contribution in [0.1, 0.15) is 5.56 Å². The number of fused-ring (bicyclic) bond motifs is 1. The lowest BCUT2D eigenvalue weighted by Crippen LogP contribution is -2.12. The van der Waals surface area contributed by atoms with E-state index in [1.807, 2.05) is 0 Å². The molecule has 0 amide bonds. The standard InChI is InChI=1S/C16H10Br2O7S/c1-7-14(19)13-11(3-2-4-12(13)25-26(21,22)23)24-16(7)8-5-9(17)15(20)10(18)6-8/h2-6,20H,1H3,(H,21,22,23)/p-1. The SMILES string of the molecule is Cc1c(-c2cc(Br)c(O)c(Br)c2)oc2cccc(OS(=O)(=O)[O-])c2c1=O. The zero-order valence-corrected chi connectivity index (χ0v) is 16.9. The molecule has 1 N–H and O–H groups in total. The van der Waals surface area contributed by atoms with Crippen LogP contribution in [0.2, 0.25) is 0 Å². The summed E-state index contributed by atoms with van der Waals surface area (Å²) in [6.07, 6.45) is 0. The molecule has 136 valence electrons. The highest BCUT2D eigenvalue weighted by atomic mass is 79.9. The van der Waals surface area contributed by atoms with Crippen LogP contribution >= 0.6 is 31.9 Å². The molecule has 1 aromatic heterocycles. The maximum atomic E-state index is 12.8. The number of phenolic OH excluding ortho intramolecular Hbond substituents is 1. The van der Waals surface area contributed by atoms with Crippen molar-refractivity contribution in [2.24, 2.45) is 0 Å². The molecule has 0 bridgehead atoms. The van der Waals surface area contributed by atoms with Crippen molar-refractivity contribution in [3.05, 3.63) is 55.1 Å². The number of halogens is 2. The van der Waals surface area contributed by atoms with Gasteiger partial charge in [0.05, 0.1) is 8.95 Å². The molecule has 0 saturated carbocycles. The van der Waals surface area contributed by atoms with E-state index in [0.717, 1.165) is 0 Å². The van der Waals surface area contributed by atoms with Crippen molar-refractivity contribution < 1.29 is 26.7 Å². The van der Waals surface area contributed by atoms with Crippen molar-refractivity contribution in [3.8, 4) is 22.8 Å². The Morgan fingerprint density at radius 3 is 2.38 bits per heavy atom. The van der Waals surface area contributed by atoms with Gasteiger partial charge in [-0.2, -0.15) is 0 Å². The van der Waals surface area contributed by atoms with E-state index < -0.39 is 21.6 Å². The average Bonchev–Trinajstić information content (AvgIpc) is 2.54. The highest BCUT2D eigenvalue weighted by molar-refractivity contribution is 9.11. The van der Waals surface area contributed by atoms with Crippen molar-refractivity contribution in [2.75, 3.05) is 0 Å². The van der Waals surface area contributed by atoms with Crippen LogP contribution in [0, 0.1) is 6.92 Å². The van der Waals surface area contributed by atoms with Crippen LogP contribution in [0.25, 0.3) is 22.3 Å². The molecule has 7 nitrogen and oxygen atoms in total. The molecule has 0 fully saturated rings. The topological polar surface area (TPSA) is 117 Å². The molecule has 3 rings (SSSR count). The molecule has 0 unspecified atom stereocenters. The molecule has 0 aliphatic carbocycles. The second-order valence-electron chi connectivity index (χ2n) is 5.29. The van der Waals surface area contributed by atoms with Gasteiger partial charge in [0.25, 0.3) is 10.4 Å². The van der Waals surface area contributed by atoms with Gasteiger partial charge >= 0.3 is 0 Å². The summed E-state index contributed by atoms with van der Waals surface area (Å²) in [6.45, 7) is 1.50. The quantitative estimate of drug-likeness (QED) is 0.425. The molecular weight excluding hydrogens is 496 g/mol. The van der Waals surface area contributed by atoms with Crippen LogP contribution in [0.5, 0.6) is 11.5 Å². The van der Waals surface area contributed by atoms with Gasteiger partial charge in [0.2, 0.25) is 0 Å². The second kappa shape index (κ2) is 6.69. The van der Waals surface area contributed by atoms with Crippen LogP contribution in [-0.2, 0) is 10.4 Å². The summed E-state index contributed by atoms with van der Waals surface area (Å²) >= 11 is 6.42. The minimum Gasteiger partial charge on any atom is -0.716 e. The molecule has 10 heteroatoms. The van der Waals surface area contributed by atoms with Gasteiger partial charge in [0, 0.05) is 11.1 Å². The van der Waals surface area contributed by atoms with Crippen molar-refractivity contribution in [2.45, 2.75) is 6.92 Å². The summed E-state index contributed by atoms with van der Waals surface area (Å²) < 4.78 is 43.6. The van der Waals surface area contributed by atoms with Crippen LogP contribution < -0.4 is 9.61 Å². The number of phenols is 1. The minimum atomic E-state index is -5.05. The normalized spacial score (nSPS) is 11.7. The van der Waals surface area contributed by atoms with Gasteiger partial charge in [0.1, 0.15) is 22.5 Å². The molecule has 0 saturated heterocycles. The lowest BCUT2D eigenvalue weighted by atomic mass is 10.1. The third kappa shape index (κ3) is 3.50. The molecule has 0 radical (unpaired) electrons. The fourth-order valence-electron chi connectivity index (χ4n) is 2.45. The fraction of sp³-hybridized carbons (Fsp3) is 0.0625. The first-order chi connectivity index (χ1) is 12.1. The van der Waals surface area contributed by atoms with Gasteiger partial charge in [-0.1, -0.05) is 6.07 Å².